The van der Waals surface area contributed by atoms with Gasteiger partial charge >= 0.3 is 5.97 Å². The van der Waals surface area contributed by atoms with Crippen molar-refractivity contribution in [3.8, 4) is 22.5 Å². The standard InChI is InChI=1S/C43H42N6O2/c1-3-5-29-48-40(39(31-44-48)42(50)51-4-2)30-32-25-27-33(28-26-32)37-23-15-16-24-38(37)41-45-47-49(46-41)43(34-17-9-6-10-18-34,35-19-11-7-12-20-35)36-21-13-8-14-22-36/h6-28,44H,3-5,29-31H2,1-2H3. The van der Waals surface area contributed by atoms with Crippen LogP contribution in [0.15, 0.2) is 151 Å². The van der Waals surface area contributed by atoms with Crippen molar-refractivity contribution in [2.75, 3.05) is 19.7 Å². The van der Waals surface area contributed by atoms with E-state index < -0.39 is 5.54 Å². The molecule has 0 radical (unpaired) electrons. The van der Waals surface area contributed by atoms with E-state index in [1.807, 2.05) is 79.7 Å². The molecule has 8 nitrogen and oxygen atoms in total. The van der Waals surface area contributed by atoms with E-state index in [1.54, 1.807) is 4.80 Å². The number of hydrogen-bond donors (Lipinski definition) is 1. The maximum Gasteiger partial charge on any atom is 0.337 e. The van der Waals surface area contributed by atoms with Crippen molar-refractivity contribution in [1.29, 1.82) is 0 Å². The number of allylic oxidation sites excluding steroid dienone is 1. The van der Waals surface area contributed by atoms with Crippen LogP contribution in [0.3, 0.4) is 0 Å². The Kier molecular flexibility index (Phi) is 10.1. The summed E-state index contributed by atoms with van der Waals surface area (Å²) in [6, 6.07) is 47.8. The minimum absolute atomic E-state index is 0.249. The fourth-order valence-electron chi connectivity index (χ4n) is 6.95. The highest BCUT2D eigenvalue weighted by molar-refractivity contribution is 5.90. The molecular formula is C43H42N6O2. The number of benzene rings is 5. The Morgan fingerprint density at radius 3 is 1.88 bits per heavy atom. The average Bonchev–Trinajstić information content (AvgIpc) is 3.84. The van der Waals surface area contributed by atoms with Gasteiger partial charge in [0, 0.05) is 30.8 Å². The molecule has 8 heteroatoms. The fourth-order valence-corrected chi connectivity index (χ4v) is 6.95. The first-order valence-corrected chi connectivity index (χ1v) is 17.7. The van der Waals surface area contributed by atoms with Gasteiger partial charge in [0.15, 0.2) is 5.54 Å². The normalized spacial score (nSPS) is 13.1. The third-order valence-electron chi connectivity index (χ3n) is 9.47. The highest BCUT2D eigenvalue weighted by atomic mass is 16.5. The second-order valence-corrected chi connectivity index (χ2v) is 12.6. The lowest BCUT2D eigenvalue weighted by atomic mass is 9.77. The predicted octanol–water partition coefficient (Wildman–Crippen LogP) is 7.83. The van der Waals surface area contributed by atoms with Gasteiger partial charge in [0.2, 0.25) is 5.82 Å². The van der Waals surface area contributed by atoms with E-state index in [1.165, 1.54) is 0 Å². The summed E-state index contributed by atoms with van der Waals surface area (Å²) in [6.07, 6.45) is 2.73. The molecule has 51 heavy (non-hydrogen) atoms. The number of hydrogen-bond acceptors (Lipinski definition) is 7. The van der Waals surface area contributed by atoms with Gasteiger partial charge < -0.3 is 9.75 Å². The SMILES string of the molecule is CCCCN1NCC(C(=O)OCC)=C1Cc1ccc(-c2ccccc2-c2nnn(C(c3ccccc3)(c3ccccc3)c3ccccc3)n2)cc1. The summed E-state index contributed by atoms with van der Waals surface area (Å²) in [5, 5.41) is 16.8. The number of unbranched alkanes of at least 4 members (excludes halogenated alkanes) is 1. The van der Waals surface area contributed by atoms with Crippen molar-refractivity contribution in [3.05, 3.63) is 173 Å². The Labute approximate surface area is 299 Å². The molecule has 0 saturated heterocycles. The average molecular weight is 675 g/mol. The zero-order valence-electron chi connectivity index (χ0n) is 29.1. The van der Waals surface area contributed by atoms with Gasteiger partial charge in [-0.1, -0.05) is 153 Å². The predicted molar refractivity (Wildman–Crippen MR) is 200 cm³/mol. The quantitative estimate of drug-likeness (QED) is 0.0988. The van der Waals surface area contributed by atoms with E-state index in [0.717, 1.165) is 64.0 Å². The Hall–Kier alpha value is -5.86. The van der Waals surface area contributed by atoms with Gasteiger partial charge in [-0.2, -0.15) is 0 Å². The van der Waals surface area contributed by atoms with Gasteiger partial charge in [-0.3, -0.25) is 0 Å². The number of carbonyl (C=O) groups excluding carboxylic acids is 1. The molecule has 2 heterocycles. The molecule has 256 valence electrons. The molecule has 0 amide bonds. The van der Waals surface area contributed by atoms with Crippen LogP contribution in [0.5, 0.6) is 0 Å². The lowest BCUT2D eigenvalue weighted by molar-refractivity contribution is -0.138. The molecule has 6 aromatic rings. The number of nitrogens with one attached hydrogen (secondary N) is 1. The first kappa shape index (κ1) is 33.6. The number of rotatable bonds is 13. The van der Waals surface area contributed by atoms with Gasteiger partial charge in [-0.05, 0) is 51.9 Å². The third-order valence-corrected chi connectivity index (χ3v) is 9.47. The molecule has 0 unspecified atom stereocenters. The van der Waals surface area contributed by atoms with Crippen molar-refractivity contribution in [2.24, 2.45) is 0 Å². The molecule has 0 saturated carbocycles. The van der Waals surface area contributed by atoms with Crippen molar-refractivity contribution in [3.63, 3.8) is 0 Å². The molecule has 1 aliphatic rings. The van der Waals surface area contributed by atoms with Gasteiger partial charge in [0.05, 0.1) is 12.2 Å². The number of carbonyl (C=O) groups is 1. The smallest absolute Gasteiger partial charge is 0.337 e. The van der Waals surface area contributed by atoms with Crippen LogP contribution in [0.1, 0.15) is 48.9 Å². The van der Waals surface area contributed by atoms with E-state index in [-0.39, 0.29) is 5.97 Å². The fraction of sp³-hybridized carbons (Fsp3) is 0.209. The molecule has 5 aromatic carbocycles. The zero-order chi connectivity index (χ0) is 35.0. The number of tetrazole rings is 1. The van der Waals surface area contributed by atoms with Crippen LogP contribution in [0.25, 0.3) is 22.5 Å². The van der Waals surface area contributed by atoms with E-state index in [9.17, 15) is 4.79 Å². The highest BCUT2D eigenvalue weighted by Crippen LogP contribution is 2.40. The minimum Gasteiger partial charge on any atom is -0.463 e. The monoisotopic (exact) mass is 674 g/mol. The Bertz CT molecular complexity index is 2000. The number of aromatic nitrogens is 4. The number of nitrogens with zero attached hydrogens (tertiary/aromatic N) is 5. The Morgan fingerprint density at radius 2 is 1.31 bits per heavy atom. The molecule has 0 aliphatic carbocycles. The van der Waals surface area contributed by atoms with Gasteiger partial charge in [0.1, 0.15) is 0 Å². The molecule has 0 fully saturated rings. The lowest BCUT2D eigenvalue weighted by Gasteiger charge is -2.34. The van der Waals surface area contributed by atoms with Crippen LogP contribution in [0.4, 0.5) is 0 Å². The summed E-state index contributed by atoms with van der Waals surface area (Å²) in [6.45, 7) is 5.69. The number of ether oxygens (including phenoxy) is 1. The van der Waals surface area contributed by atoms with Gasteiger partial charge in [-0.15, -0.1) is 15.0 Å². The summed E-state index contributed by atoms with van der Waals surface area (Å²) in [7, 11) is 0. The Morgan fingerprint density at radius 1 is 0.745 bits per heavy atom. The summed E-state index contributed by atoms with van der Waals surface area (Å²) in [4.78, 5) is 14.6. The van der Waals surface area contributed by atoms with E-state index in [2.05, 4.69) is 84.1 Å². The summed E-state index contributed by atoms with van der Waals surface area (Å²) >= 11 is 0. The summed E-state index contributed by atoms with van der Waals surface area (Å²) in [5.74, 6) is 0.288. The molecule has 7 rings (SSSR count). The van der Waals surface area contributed by atoms with Crippen LogP contribution >= 0.6 is 0 Å². The lowest BCUT2D eigenvalue weighted by Crippen LogP contribution is -2.39. The second-order valence-electron chi connectivity index (χ2n) is 12.6. The van der Waals surface area contributed by atoms with Crippen LogP contribution in [-0.2, 0) is 21.5 Å². The van der Waals surface area contributed by atoms with Crippen LogP contribution < -0.4 is 5.43 Å². The third kappa shape index (κ3) is 6.70. The molecule has 1 aliphatic heterocycles. The molecular weight excluding hydrogens is 633 g/mol. The summed E-state index contributed by atoms with van der Waals surface area (Å²) in [5.41, 5.74) is 11.4. The molecule has 0 bridgehead atoms. The van der Waals surface area contributed by atoms with Crippen molar-refractivity contribution < 1.29 is 9.53 Å². The van der Waals surface area contributed by atoms with Crippen molar-refractivity contribution in [1.82, 2.24) is 30.6 Å². The summed E-state index contributed by atoms with van der Waals surface area (Å²) < 4.78 is 5.39. The first-order valence-electron chi connectivity index (χ1n) is 17.7. The molecule has 1 N–H and O–H groups in total. The maximum atomic E-state index is 12.8. The zero-order valence-corrected chi connectivity index (χ0v) is 29.1. The number of esters is 1. The highest BCUT2D eigenvalue weighted by Gasteiger charge is 2.41. The minimum atomic E-state index is -0.858. The van der Waals surface area contributed by atoms with Crippen LogP contribution in [0.2, 0.25) is 0 Å². The topological polar surface area (TPSA) is 85.2 Å². The maximum absolute atomic E-state index is 12.8. The van der Waals surface area contributed by atoms with Crippen LogP contribution in [0, 0.1) is 0 Å². The number of hydrazine groups is 1. The Balaban J connectivity index is 1.25. The van der Waals surface area contributed by atoms with Crippen molar-refractivity contribution in [2.45, 2.75) is 38.6 Å². The molecule has 0 spiro atoms. The van der Waals surface area contributed by atoms with E-state index in [4.69, 9.17) is 20.1 Å². The molecule has 0 atom stereocenters. The van der Waals surface area contributed by atoms with Gasteiger partial charge in [-0.25, -0.2) is 10.2 Å². The largest absolute Gasteiger partial charge is 0.463 e. The first-order chi connectivity index (χ1) is 25.1. The van der Waals surface area contributed by atoms with Gasteiger partial charge in [0.25, 0.3) is 0 Å². The van der Waals surface area contributed by atoms with E-state index >= 15 is 0 Å². The second kappa shape index (κ2) is 15.4. The van der Waals surface area contributed by atoms with E-state index in [0.29, 0.717) is 31.0 Å². The molecule has 1 aromatic heterocycles. The van der Waals surface area contributed by atoms with Crippen molar-refractivity contribution >= 4 is 5.97 Å². The van der Waals surface area contributed by atoms with Crippen LogP contribution in [-0.4, -0.2) is 50.9 Å².